The van der Waals surface area contributed by atoms with Crippen molar-refractivity contribution in [1.29, 1.82) is 0 Å². The van der Waals surface area contributed by atoms with Crippen molar-refractivity contribution in [3.05, 3.63) is 53.9 Å². The molecule has 2 rings (SSSR count). The Balaban J connectivity index is 1.98. The molecule has 0 aliphatic rings. The number of nitrogen functional groups attached to an aromatic ring is 1. The van der Waals surface area contributed by atoms with Crippen molar-refractivity contribution in [1.82, 2.24) is 10.3 Å². The van der Waals surface area contributed by atoms with E-state index < -0.39 is 0 Å². The van der Waals surface area contributed by atoms with Crippen LogP contribution in [-0.2, 0) is 6.54 Å². The lowest BCUT2D eigenvalue weighted by Crippen LogP contribution is -2.24. The monoisotopic (exact) mass is 270 g/mol. The molecular weight excluding hydrogens is 252 g/mol. The van der Waals surface area contributed by atoms with Crippen molar-refractivity contribution in [3.63, 3.8) is 0 Å². The maximum absolute atomic E-state index is 12.0. The fraction of sp³-hybridized carbons (Fsp3) is 0.200. The molecule has 1 aromatic heterocycles. The highest BCUT2D eigenvalue weighted by Crippen LogP contribution is 2.12. The van der Waals surface area contributed by atoms with Crippen LogP contribution in [0, 0.1) is 0 Å². The summed E-state index contributed by atoms with van der Waals surface area (Å²) in [4.78, 5) is 18.0. The molecule has 0 aliphatic heterocycles. The molecular formula is C15H18N4O. The first-order chi connectivity index (χ1) is 9.58. The molecule has 0 aliphatic carbocycles. The third-order valence-electron chi connectivity index (χ3n) is 2.96. The van der Waals surface area contributed by atoms with Gasteiger partial charge in [0.2, 0.25) is 0 Å². The summed E-state index contributed by atoms with van der Waals surface area (Å²) in [6.45, 7) is 0.447. The van der Waals surface area contributed by atoms with Crippen molar-refractivity contribution in [2.45, 2.75) is 6.54 Å². The van der Waals surface area contributed by atoms with Crippen LogP contribution in [0.2, 0.25) is 0 Å². The lowest BCUT2D eigenvalue weighted by atomic mass is 10.2. The number of hydrogen-bond donors (Lipinski definition) is 2. The molecule has 0 atom stereocenters. The first-order valence-corrected chi connectivity index (χ1v) is 6.33. The van der Waals surface area contributed by atoms with Gasteiger partial charge in [0.15, 0.2) is 5.69 Å². The van der Waals surface area contributed by atoms with Crippen molar-refractivity contribution in [3.8, 4) is 0 Å². The van der Waals surface area contributed by atoms with Gasteiger partial charge in [-0.05, 0) is 29.8 Å². The summed E-state index contributed by atoms with van der Waals surface area (Å²) >= 11 is 0. The predicted octanol–water partition coefficient (Wildman–Crippen LogP) is 1.66. The minimum Gasteiger partial charge on any atom is -0.397 e. The topological polar surface area (TPSA) is 71.2 Å². The lowest BCUT2D eigenvalue weighted by Gasteiger charge is -2.13. The van der Waals surface area contributed by atoms with Crippen molar-refractivity contribution in [2.24, 2.45) is 0 Å². The number of rotatable bonds is 4. The standard InChI is InChI=1S/C15H18N4O/c1-19(2)12-7-5-11(6-8-12)10-18-15(20)14-13(16)4-3-9-17-14/h3-9H,10,16H2,1-2H3,(H,18,20). The number of nitrogens with zero attached hydrogens (tertiary/aromatic N) is 2. The third-order valence-corrected chi connectivity index (χ3v) is 2.96. The van der Waals surface area contributed by atoms with Gasteiger partial charge < -0.3 is 16.0 Å². The van der Waals surface area contributed by atoms with Crippen molar-refractivity contribution >= 4 is 17.3 Å². The molecule has 0 saturated carbocycles. The predicted molar refractivity (Wildman–Crippen MR) is 80.6 cm³/mol. The molecule has 0 radical (unpaired) electrons. The average molecular weight is 270 g/mol. The fourth-order valence-electron chi connectivity index (χ4n) is 1.79. The number of hydrogen-bond acceptors (Lipinski definition) is 4. The molecule has 20 heavy (non-hydrogen) atoms. The Morgan fingerprint density at radius 1 is 1.25 bits per heavy atom. The molecule has 5 nitrogen and oxygen atoms in total. The highest BCUT2D eigenvalue weighted by Gasteiger charge is 2.09. The van der Waals surface area contributed by atoms with Gasteiger partial charge >= 0.3 is 0 Å². The molecule has 0 bridgehead atoms. The molecule has 1 amide bonds. The van der Waals surface area contributed by atoms with Gasteiger partial charge in [0.25, 0.3) is 5.91 Å². The summed E-state index contributed by atoms with van der Waals surface area (Å²) < 4.78 is 0. The number of pyridine rings is 1. The van der Waals surface area contributed by atoms with Gasteiger partial charge in [-0.1, -0.05) is 12.1 Å². The van der Waals surface area contributed by atoms with E-state index in [9.17, 15) is 4.79 Å². The number of amides is 1. The van der Waals surface area contributed by atoms with Gasteiger partial charge in [0.1, 0.15) is 0 Å². The summed E-state index contributed by atoms with van der Waals surface area (Å²) in [6.07, 6.45) is 1.55. The first kappa shape index (κ1) is 13.9. The van der Waals surface area contributed by atoms with Gasteiger partial charge in [-0.3, -0.25) is 4.79 Å². The van der Waals surface area contributed by atoms with Crippen molar-refractivity contribution in [2.75, 3.05) is 24.7 Å². The van der Waals surface area contributed by atoms with Crippen LogP contribution in [0.25, 0.3) is 0 Å². The van der Waals surface area contributed by atoms with E-state index in [1.165, 1.54) is 0 Å². The van der Waals surface area contributed by atoms with Crippen LogP contribution < -0.4 is 16.0 Å². The van der Waals surface area contributed by atoms with Gasteiger partial charge in [-0.2, -0.15) is 0 Å². The van der Waals surface area contributed by atoms with E-state index in [-0.39, 0.29) is 11.6 Å². The van der Waals surface area contributed by atoms with E-state index in [0.29, 0.717) is 12.2 Å². The second-order valence-electron chi connectivity index (χ2n) is 4.68. The van der Waals surface area contributed by atoms with E-state index in [2.05, 4.69) is 10.3 Å². The second kappa shape index (κ2) is 6.06. The van der Waals surface area contributed by atoms with Crippen LogP contribution in [0.1, 0.15) is 16.1 Å². The quantitative estimate of drug-likeness (QED) is 0.886. The van der Waals surface area contributed by atoms with Crippen LogP contribution in [0.3, 0.4) is 0 Å². The van der Waals surface area contributed by atoms with Crippen LogP contribution in [0.5, 0.6) is 0 Å². The zero-order valence-electron chi connectivity index (χ0n) is 11.6. The first-order valence-electron chi connectivity index (χ1n) is 6.33. The zero-order chi connectivity index (χ0) is 14.5. The maximum Gasteiger partial charge on any atom is 0.272 e. The van der Waals surface area contributed by atoms with Crippen molar-refractivity contribution < 1.29 is 4.79 Å². The van der Waals surface area contributed by atoms with E-state index in [0.717, 1.165) is 11.3 Å². The van der Waals surface area contributed by atoms with Crippen LogP contribution in [-0.4, -0.2) is 25.0 Å². The smallest absolute Gasteiger partial charge is 0.272 e. The highest BCUT2D eigenvalue weighted by atomic mass is 16.1. The molecule has 104 valence electrons. The minimum absolute atomic E-state index is 0.261. The number of carbonyl (C=O) groups excluding carboxylic acids is 1. The number of carbonyl (C=O) groups is 1. The Hall–Kier alpha value is -2.56. The molecule has 0 unspecified atom stereocenters. The second-order valence-corrected chi connectivity index (χ2v) is 4.68. The average Bonchev–Trinajstić information content (AvgIpc) is 2.45. The normalized spacial score (nSPS) is 10.1. The van der Waals surface area contributed by atoms with Gasteiger partial charge in [0.05, 0.1) is 5.69 Å². The molecule has 0 saturated heterocycles. The molecule has 2 aromatic rings. The summed E-state index contributed by atoms with van der Waals surface area (Å²) in [5.41, 5.74) is 8.50. The van der Waals surface area contributed by atoms with E-state index >= 15 is 0 Å². The molecule has 5 heteroatoms. The number of anilines is 2. The number of benzene rings is 1. The molecule has 0 fully saturated rings. The number of nitrogens with one attached hydrogen (secondary N) is 1. The molecule has 3 N–H and O–H groups in total. The summed E-state index contributed by atoms with van der Waals surface area (Å²) in [5.74, 6) is -0.264. The highest BCUT2D eigenvalue weighted by molar-refractivity contribution is 5.96. The van der Waals surface area contributed by atoms with Gasteiger partial charge in [-0.25, -0.2) is 4.98 Å². The van der Waals surface area contributed by atoms with Gasteiger partial charge in [0, 0.05) is 32.5 Å². The lowest BCUT2D eigenvalue weighted by molar-refractivity contribution is 0.0947. The Bertz CT molecular complexity index is 593. The van der Waals surface area contributed by atoms with Gasteiger partial charge in [-0.15, -0.1) is 0 Å². The van der Waals surface area contributed by atoms with Crippen LogP contribution in [0.4, 0.5) is 11.4 Å². The summed E-state index contributed by atoms with van der Waals surface area (Å²) in [6, 6.07) is 11.3. The summed E-state index contributed by atoms with van der Waals surface area (Å²) in [7, 11) is 3.97. The van der Waals surface area contributed by atoms with Crippen LogP contribution in [0.15, 0.2) is 42.6 Å². The van der Waals surface area contributed by atoms with Crippen LogP contribution >= 0.6 is 0 Å². The Kier molecular flexibility index (Phi) is 4.20. The van der Waals surface area contributed by atoms with E-state index in [4.69, 9.17) is 5.73 Å². The SMILES string of the molecule is CN(C)c1ccc(CNC(=O)c2ncccc2N)cc1. The Morgan fingerprint density at radius 3 is 2.55 bits per heavy atom. The maximum atomic E-state index is 12.0. The largest absolute Gasteiger partial charge is 0.397 e. The Morgan fingerprint density at radius 2 is 1.95 bits per heavy atom. The van der Waals surface area contributed by atoms with E-state index in [1.807, 2.05) is 43.3 Å². The molecule has 0 spiro atoms. The zero-order valence-corrected chi connectivity index (χ0v) is 11.6. The fourth-order valence-corrected chi connectivity index (χ4v) is 1.79. The Labute approximate surface area is 118 Å². The number of aromatic nitrogens is 1. The molecule has 1 heterocycles. The summed E-state index contributed by atoms with van der Waals surface area (Å²) in [5, 5.41) is 2.81. The molecule has 1 aromatic carbocycles. The minimum atomic E-state index is -0.264. The van der Waals surface area contributed by atoms with E-state index in [1.54, 1.807) is 18.3 Å². The third kappa shape index (κ3) is 3.26. The number of nitrogens with two attached hydrogens (primary N) is 1.